The van der Waals surface area contributed by atoms with Crippen molar-refractivity contribution in [3.63, 3.8) is 0 Å². The van der Waals surface area contributed by atoms with Gasteiger partial charge in [0.25, 0.3) is 5.69 Å². The molecular formula is C16H13ClN2O5. The number of anilines is 1. The first-order chi connectivity index (χ1) is 11.5. The zero-order valence-corrected chi connectivity index (χ0v) is 13.3. The van der Waals surface area contributed by atoms with Crippen molar-refractivity contribution in [2.75, 3.05) is 12.0 Å². The molecule has 0 saturated carbocycles. The van der Waals surface area contributed by atoms with E-state index in [-0.39, 0.29) is 11.4 Å². The lowest BCUT2D eigenvalue weighted by molar-refractivity contribution is -0.384. The molecule has 2 rings (SSSR count). The SMILES string of the molecule is COC(=O)C(c1ccccc1)N(C(=O)Cl)c1ccccc1[N+](=O)[O-]. The number of carbonyl (C=O) groups is 2. The third-order valence-electron chi connectivity index (χ3n) is 3.33. The summed E-state index contributed by atoms with van der Waals surface area (Å²) in [6.45, 7) is 0. The van der Waals surface area contributed by atoms with E-state index < -0.39 is 22.3 Å². The Bertz CT molecular complexity index is 766. The number of carbonyl (C=O) groups excluding carboxylic acids is 2. The van der Waals surface area contributed by atoms with E-state index in [0.717, 1.165) is 12.0 Å². The number of nitro benzene ring substituents is 1. The van der Waals surface area contributed by atoms with E-state index in [9.17, 15) is 19.7 Å². The van der Waals surface area contributed by atoms with Crippen LogP contribution in [-0.4, -0.2) is 23.4 Å². The smallest absolute Gasteiger partial charge is 0.333 e. The second-order valence-electron chi connectivity index (χ2n) is 4.71. The van der Waals surface area contributed by atoms with Gasteiger partial charge in [-0.25, -0.2) is 4.79 Å². The molecule has 8 heteroatoms. The normalized spacial score (nSPS) is 11.4. The highest BCUT2D eigenvalue weighted by Crippen LogP contribution is 2.35. The molecule has 1 amide bonds. The maximum Gasteiger partial charge on any atom is 0.333 e. The van der Waals surface area contributed by atoms with Crippen LogP contribution in [0.4, 0.5) is 16.2 Å². The summed E-state index contributed by atoms with van der Waals surface area (Å²) in [6.07, 6.45) is 0. The zero-order valence-electron chi connectivity index (χ0n) is 12.6. The number of amides is 1. The van der Waals surface area contributed by atoms with Crippen LogP contribution in [0.1, 0.15) is 11.6 Å². The molecule has 24 heavy (non-hydrogen) atoms. The summed E-state index contributed by atoms with van der Waals surface area (Å²) in [7, 11) is 1.16. The molecular weight excluding hydrogens is 336 g/mol. The lowest BCUT2D eigenvalue weighted by Gasteiger charge is -2.27. The Morgan fingerprint density at radius 3 is 2.25 bits per heavy atom. The van der Waals surface area contributed by atoms with Gasteiger partial charge >= 0.3 is 11.3 Å². The summed E-state index contributed by atoms with van der Waals surface area (Å²) in [5.74, 6) is -0.770. The molecule has 1 atom stereocenters. The second kappa shape index (κ2) is 7.56. The molecule has 124 valence electrons. The van der Waals surface area contributed by atoms with Crippen LogP contribution in [0.15, 0.2) is 54.6 Å². The number of rotatable bonds is 5. The molecule has 0 heterocycles. The van der Waals surface area contributed by atoms with Crippen molar-refractivity contribution >= 4 is 34.3 Å². The van der Waals surface area contributed by atoms with Crippen LogP contribution in [-0.2, 0) is 9.53 Å². The van der Waals surface area contributed by atoms with E-state index in [4.69, 9.17) is 16.3 Å². The molecule has 0 aliphatic heterocycles. The van der Waals surface area contributed by atoms with Crippen molar-refractivity contribution in [2.45, 2.75) is 6.04 Å². The fourth-order valence-electron chi connectivity index (χ4n) is 2.30. The van der Waals surface area contributed by atoms with Gasteiger partial charge in [0.05, 0.1) is 12.0 Å². The Morgan fingerprint density at radius 2 is 1.71 bits per heavy atom. The number of hydrogen-bond acceptors (Lipinski definition) is 5. The van der Waals surface area contributed by atoms with Crippen LogP contribution < -0.4 is 4.90 Å². The first-order valence-electron chi connectivity index (χ1n) is 6.82. The van der Waals surface area contributed by atoms with Crippen LogP contribution in [0.5, 0.6) is 0 Å². The Hall–Kier alpha value is -2.93. The number of esters is 1. The lowest BCUT2D eigenvalue weighted by Crippen LogP contribution is -2.37. The number of para-hydroxylation sites is 2. The summed E-state index contributed by atoms with van der Waals surface area (Å²) < 4.78 is 4.76. The first kappa shape index (κ1) is 17.4. The molecule has 0 aromatic heterocycles. The van der Waals surface area contributed by atoms with E-state index in [2.05, 4.69) is 0 Å². The maximum atomic E-state index is 12.3. The summed E-state index contributed by atoms with van der Waals surface area (Å²) in [5, 5.41) is 10.2. The Labute approximate surface area is 142 Å². The number of hydrogen-bond donors (Lipinski definition) is 0. The fourth-order valence-corrected chi connectivity index (χ4v) is 2.48. The third-order valence-corrected chi connectivity index (χ3v) is 3.51. The second-order valence-corrected chi connectivity index (χ2v) is 5.03. The van der Waals surface area contributed by atoms with Crippen LogP contribution in [0.3, 0.4) is 0 Å². The van der Waals surface area contributed by atoms with E-state index >= 15 is 0 Å². The Morgan fingerprint density at radius 1 is 1.12 bits per heavy atom. The fraction of sp³-hybridized carbons (Fsp3) is 0.125. The van der Waals surface area contributed by atoms with E-state index in [0.29, 0.717) is 5.56 Å². The van der Waals surface area contributed by atoms with Crippen LogP contribution in [0.2, 0.25) is 0 Å². The van der Waals surface area contributed by atoms with Crippen molar-refractivity contribution < 1.29 is 19.2 Å². The number of nitrogens with zero attached hydrogens (tertiary/aromatic N) is 2. The standard InChI is InChI=1S/C16H13ClN2O5/c1-24-15(20)14(11-7-3-2-4-8-11)18(16(17)21)12-9-5-6-10-13(12)19(22)23/h2-10,14H,1H3. The highest BCUT2D eigenvalue weighted by Gasteiger charge is 2.36. The van der Waals surface area contributed by atoms with Gasteiger partial charge in [0.15, 0.2) is 6.04 Å². The highest BCUT2D eigenvalue weighted by molar-refractivity contribution is 6.66. The minimum absolute atomic E-state index is 0.0956. The monoisotopic (exact) mass is 348 g/mol. The lowest BCUT2D eigenvalue weighted by atomic mass is 10.0. The summed E-state index contributed by atoms with van der Waals surface area (Å²) in [6, 6.07) is 12.6. The third kappa shape index (κ3) is 3.52. The quantitative estimate of drug-likeness (QED) is 0.270. The molecule has 7 nitrogen and oxygen atoms in total. The largest absolute Gasteiger partial charge is 0.467 e. The average Bonchev–Trinajstić information content (AvgIpc) is 2.59. The Kier molecular flexibility index (Phi) is 5.49. The molecule has 2 aromatic carbocycles. The van der Waals surface area contributed by atoms with Crippen molar-refractivity contribution in [1.29, 1.82) is 0 Å². The minimum Gasteiger partial charge on any atom is -0.467 e. The van der Waals surface area contributed by atoms with Crippen molar-refractivity contribution in [3.8, 4) is 0 Å². The van der Waals surface area contributed by atoms with Gasteiger partial charge in [-0.15, -0.1) is 0 Å². The summed E-state index contributed by atoms with van der Waals surface area (Å²) in [5.41, 5.74) is -0.0328. The van der Waals surface area contributed by atoms with Crippen molar-refractivity contribution in [1.82, 2.24) is 0 Å². The van der Waals surface area contributed by atoms with Crippen LogP contribution >= 0.6 is 11.6 Å². The molecule has 1 unspecified atom stereocenters. The number of halogens is 1. The molecule has 2 aromatic rings. The van der Waals surface area contributed by atoms with Gasteiger partial charge in [0.1, 0.15) is 5.69 Å². The van der Waals surface area contributed by atoms with E-state index in [1.54, 1.807) is 30.3 Å². The topological polar surface area (TPSA) is 89.8 Å². The minimum atomic E-state index is -1.25. The predicted octanol–water partition coefficient (Wildman–Crippen LogP) is 3.67. The van der Waals surface area contributed by atoms with Gasteiger partial charge in [-0.1, -0.05) is 42.5 Å². The first-order valence-corrected chi connectivity index (χ1v) is 7.20. The number of benzene rings is 2. The number of methoxy groups -OCH3 is 1. The number of nitro groups is 1. The van der Waals surface area contributed by atoms with E-state index in [1.165, 1.54) is 24.3 Å². The predicted molar refractivity (Wildman–Crippen MR) is 88.0 cm³/mol. The van der Waals surface area contributed by atoms with Gasteiger partial charge in [0, 0.05) is 6.07 Å². The average molecular weight is 349 g/mol. The van der Waals surface area contributed by atoms with Crippen molar-refractivity contribution in [3.05, 3.63) is 70.3 Å². The molecule has 0 fully saturated rings. The maximum absolute atomic E-state index is 12.3. The molecule has 0 spiro atoms. The van der Waals surface area contributed by atoms with Crippen molar-refractivity contribution in [2.24, 2.45) is 0 Å². The van der Waals surface area contributed by atoms with Gasteiger partial charge in [0.2, 0.25) is 0 Å². The summed E-state index contributed by atoms with van der Waals surface area (Å²) >= 11 is 5.66. The van der Waals surface area contributed by atoms with Crippen LogP contribution in [0.25, 0.3) is 0 Å². The zero-order chi connectivity index (χ0) is 17.7. The Balaban J connectivity index is 2.65. The molecule has 0 N–H and O–H groups in total. The highest BCUT2D eigenvalue weighted by atomic mass is 35.5. The van der Waals surface area contributed by atoms with Gasteiger partial charge in [-0.05, 0) is 23.2 Å². The molecule has 0 aliphatic rings. The van der Waals surface area contributed by atoms with Gasteiger partial charge in [-0.2, -0.15) is 0 Å². The molecule has 0 aliphatic carbocycles. The molecule has 0 bridgehead atoms. The summed E-state index contributed by atoms with van der Waals surface area (Å²) in [4.78, 5) is 35.7. The van der Waals surface area contributed by atoms with Crippen LogP contribution in [0, 0.1) is 10.1 Å². The van der Waals surface area contributed by atoms with E-state index in [1.807, 2.05) is 0 Å². The molecule has 0 radical (unpaired) electrons. The van der Waals surface area contributed by atoms with Gasteiger partial charge in [-0.3, -0.25) is 19.8 Å². The molecule has 0 saturated heterocycles. The number of ether oxygens (including phenoxy) is 1. The van der Waals surface area contributed by atoms with Gasteiger partial charge < -0.3 is 4.74 Å².